The van der Waals surface area contributed by atoms with Gasteiger partial charge >= 0.3 is 6.18 Å². The normalized spacial score (nSPS) is 22.5. The van der Waals surface area contributed by atoms with Crippen molar-refractivity contribution in [2.75, 3.05) is 0 Å². The van der Waals surface area contributed by atoms with Gasteiger partial charge in [0.05, 0.1) is 5.41 Å². The lowest BCUT2D eigenvalue weighted by Gasteiger charge is -2.44. The fourth-order valence-electron chi connectivity index (χ4n) is 1.99. The van der Waals surface area contributed by atoms with Gasteiger partial charge in [0.25, 0.3) is 0 Å². The Morgan fingerprint density at radius 2 is 1.75 bits per heavy atom. The van der Waals surface area contributed by atoms with Crippen molar-refractivity contribution in [2.45, 2.75) is 45.7 Å². The Hall–Kier alpha value is -0.210. The molecule has 1 aliphatic rings. The van der Waals surface area contributed by atoms with E-state index in [1.807, 2.05) is 13.8 Å². The molecule has 72 valence electrons. The summed E-state index contributed by atoms with van der Waals surface area (Å²) in [6.07, 6.45) is -2.25. The van der Waals surface area contributed by atoms with Gasteiger partial charge < -0.3 is 0 Å². The maximum absolute atomic E-state index is 12.5. The lowest BCUT2D eigenvalue weighted by molar-refractivity contribution is -0.256. The van der Waals surface area contributed by atoms with Crippen molar-refractivity contribution < 1.29 is 13.2 Å². The van der Waals surface area contributed by atoms with E-state index in [4.69, 9.17) is 0 Å². The van der Waals surface area contributed by atoms with E-state index in [1.165, 1.54) is 0 Å². The van der Waals surface area contributed by atoms with Crippen LogP contribution >= 0.6 is 0 Å². The molecule has 0 aromatic carbocycles. The summed E-state index contributed by atoms with van der Waals surface area (Å²) in [6, 6.07) is 0. The van der Waals surface area contributed by atoms with E-state index in [9.17, 15) is 13.2 Å². The van der Waals surface area contributed by atoms with Crippen molar-refractivity contribution >= 4 is 0 Å². The molecule has 1 saturated carbocycles. The molecule has 0 aliphatic heterocycles. The molecule has 0 N–H and O–H groups in total. The number of alkyl halides is 3. The second-order valence-electron chi connectivity index (χ2n) is 4.23. The maximum atomic E-state index is 12.5. The molecule has 0 spiro atoms. The van der Waals surface area contributed by atoms with Gasteiger partial charge in [-0.05, 0) is 25.2 Å². The molecule has 0 heterocycles. The van der Waals surface area contributed by atoms with E-state index in [2.05, 4.69) is 0 Å². The van der Waals surface area contributed by atoms with Crippen LogP contribution in [-0.4, -0.2) is 6.18 Å². The first-order valence-corrected chi connectivity index (χ1v) is 4.44. The van der Waals surface area contributed by atoms with E-state index < -0.39 is 11.6 Å². The Balaban J connectivity index is 2.63. The molecule has 0 aromatic heterocycles. The average molecular weight is 180 g/mol. The zero-order chi connectivity index (χ0) is 9.41. The van der Waals surface area contributed by atoms with Gasteiger partial charge in [0.2, 0.25) is 0 Å². The smallest absolute Gasteiger partial charge is 0.171 e. The molecular weight excluding hydrogens is 165 g/mol. The summed E-state index contributed by atoms with van der Waals surface area (Å²) in [5.41, 5.74) is -1.32. The number of halogens is 3. The van der Waals surface area contributed by atoms with Crippen LogP contribution in [0.25, 0.3) is 0 Å². The zero-order valence-corrected chi connectivity index (χ0v) is 7.54. The molecule has 12 heavy (non-hydrogen) atoms. The van der Waals surface area contributed by atoms with Crippen molar-refractivity contribution in [2.24, 2.45) is 11.3 Å². The topological polar surface area (TPSA) is 0 Å². The lowest BCUT2D eigenvalue weighted by atomic mass is 9.64. The van der Waals surface area contributed by atoms with E-state index in [-0.39, 0.29) is 5.92 Å². The summed E-state index contributed by atoms with van der Waals surface area (Å²) in [5, 5.41) is 0. The Bertz CT molecular complexity index is 154. The van der Waals surface area contributed by atoms with Crippen LogP contribution in [-0.2, 0) is 0 Å². The Morgan fingerprint density at radius 3 is 1.83 bits per heavy atom. The van der Waals surface area contributed by atoms with Crippen LogP contribution in [0.3, 0.4) is 0 Å². The zero-order valence-electron chi connectivity index (χ0n) is 7.54. The van der Waals surface area contributed by atoms with Crippen molar-refractivity contribution in [1.29, 1.82) is 0 Å². The van der Waals surface area contributed by atoms with E-state index in [0.29, 0.717) is 19.3 Å². The molecule has 0 saturated heterocycles. The lowest BCUT2D eigenvalue weighted by Crippen LogP contribution is -2.44. The Kier molecular flexibility index (Phi) is 2.41. The van der Waals surface area contributed by atoms with Gasteiger partial charge in [0, 0.05) is 0 Å². The third-order valence-electron chi connectivity index (χ3n) is 2.71. The molecule has 1 aliphatic carbocycles. The standard InChI is InChI=1S/C9H15F3/c1-7(2)6-8(4-3-5-8)9(10,11)12/h7H,3-6H2,1-2H3. The molecule has 0 aromatic rings. The predicted molar refractivity (Wildman–Crippen MR) is 41.8 cm³/mol. The van der Waals surface area contributed by atoms with Crippen LogP contribution in [0.2, 0.25) is 0 Å². The van der Waals surface area contributed by atoms with Gasteiger partial charge in [0.1, 0.15) is 0 Å². The summed E-state index contributed by atoms with van der Waals surface area (Å²) in [4.78, 5) is 0. The first-order chi connectivity index (χ1) is 5.37. The van der Waals surface area contributed by atoms with Crippen LogP contribution in [0.1, 0.15) is 39.5 Å². The van der Waals surface area contributed by atoms with Gasteiger partial charge in [-0.15, -0.1) is 0 Å². The minimum atomic E-state index is -3.98. The van der Waals surface area contributed by atoms with E-state index in [1.54, 1.807) is 0 Å². The minimum Gasteiger partial charge on any atom is -0.171 e. The predicted octanol–water partition coefficient (Wildman–Crippen LogP) is 3.77. The highest BCUT2D eigenvalue weighted by atomic mass is 19.4. The fourth-order valence-corrected chi connectivity index (χ4v) is 1.99. The third kappa shape index (κ3) is 1.59. The van der Waals surface area contributed by atoms with Crippen LogP contribution in [0, 0.1) is 11.3 Å². The van der Waals surface area contributed by atoms with Gasteiger partial charge in [0.15, 0.2) is 0 Å². The molecule has 1 rings (SSSR count). The highest BCUT2D eigenvalue weighted by Gasteiger charge is 2.57. The average Bonchev–Trinajstić information content (AvgIpc) is 1.74. The molecule has 0 radical (unpaired) electrons. The summed E-state index contributed by atoms with van der Waals surface area (Å²) >= 11 is 0. The number of hydrogen-bond donors (Lipinski definition) is 0. The largest absolute Gasteiger partial charge is 0.394 e. The van der Waals surface area contributed by atoms with Crippen LogP contribution in [0.4, 0.5) is 13.2 Å². The molecule has 0 bridgehead atoms. The number of rotatable bonds is 2. The second kappa shape index (κ2) is 2.93. The third-order valence-corrected chi connectivity index (χ3v) is 2.71. The second-order valence-corrected chi connectivity index (χ2v) is 4.23. The van der Waals surface area contributed by atoms with E-state index >= 15 is 0 Å². The van der Waals surface area contributed by atoms with Crippen LogP contribution < -0.4 is 0 Å². The molecule has 3 heteroatoms. The molecule has 0 amide bonds. The maximum Gasteiger partial charge on any atom is 0.394 e. The van der Waals surface area contributed by atoms with Crippen molar-refractivity contribution in [3.8, 4) is 0 Å². The molecule has 0 unspecified atom stereocenters. The van der Waals surface area contributed by atoms with Crippen molar-refractivity contribution in [3.63, 3.8) is 0 Å². The fraction of sp³-hybridized carbons (Fsp3) is 1.00. The molecule has 0 atom stereocenters. The van der Waals surface area contributed by atoms with Crippen LogP contribution in [0.5, 0.6) is 0 Å². The summed E-state index contributed by atoms with van der Waals surface area (Å²) in [7, 11) is 0. The van der Waals surface area contributed by atoms with Crippen molar-refractivity contribution in [1.82, 2.24) is 0 Å². The highest BCUT2D eigenvalue weighted by molar-refractivity contribution is 4.94. The van der Waals surface area contributed by atoms with Gasteiger partial charge in [-0.25, -0.2) is 0 Å². The quantitative estimate of drug-likeness (QED) is 0.606. The summed E-state index contributed by atoms with van der Waals surface area (Å²) < 4.78 is 37.5. The molecular formula is C9H15F3. The van der Waals surface area contributed by atoms with Gasteiger partial charge in [-0.1, -0.05) is 20.3 Å². The monoisotopic (exact) mass is 180 g/mol. The van der Waals surface area contributed by atoms with Crippen LogP contribution in [0.15, 0.2) is 0 Å². The Morgan fingerprint density at radius 1 is 1.25 bits per heavy atom. The van der Waals surface area contributed by atoms with Gasteiger partial charge in [-0.2, -0.15) is 13.2 Å². The van der Waals surface area contributed by atoms with Crippen molar-refractivity contribution in [3.05, 3.63) is 0 Å². The van der Waals surface area contributed by atoms with E-state index in [0.717, 1.165) is 6.42 Å². The minimum absolute atomic E-state index is 0.145. The number of hydrogen-bond acceptors (Lipinski definition) is 0. The summed E-state index contributed by atoms with van der Waals surface area (Å²) in [5.74, 6) is 0.145. The first kappa shape index (κ1) is 9.87. The SMILES string of the molecule is CC(C)CC1(C(F)(F)F)CCC1. The molecule has 0 nitrogen and oxygen atoms in total. The first-order valence-electron chi connectivity index (χ1n) is 4.44. The Labute approximate surface area is 71.1 Å². The highest BCUT2D eigenvalue weighted by Crippen LogP contribution is 2.56. The van der Waals surface area contributed by atoms with Gasteiger partial charge in [-0.3, -0.25) is 0 Å². The molecule has 1 fully saturated rings. The summed E-state index contributed by atoms with van der Waals surface area (Å²) in [6.45, 7) is 3.71.